The smallest absolute Gasteiger partial charge is 0.116 e. The summed E-state index contributed by atoms with van der Waals surface area (Å²) < 4.78 is 0. The van der Waals surface area contributed by atoms with Gasteiger partial charge < -0.3 is 5.73 Å². The maximum atomic E-state index is 5.75. The molecule has 0 fully saturated rings. The number of aryl methyl sites for hydroxylation is 1. The van der Waals surface area contributed by atoms with E-state index >= 15 is 0 Å². The lowest BCUT2D eigenvalue weighted by molar-refractivity contribution is 0.805. The van der Waals surface area contributed by atoms with Gasteiger partial charge in [-0.3, -0.25) is 5.10 Å². The van der Waals surface area contributed by atoms with Crippen LogP contribution in [0.3, 0.4) is 0 Å². The quantitative estimate of drug-likeness (QED) is 0.768. The van der Waals surface area contributed by atoms with Crippen LogP contribution in [-0.2, 0) is 6.42 Å². The average Bonchev–Trinajstić information content (AvgIpc) is 2.74. The Balaban J connectivity index is 2.29. The number of H-pyrrole nitrogens is 1. The van der Waals surface area contributed by atoms with E-state index in [4.69, 9.17) is 5.73 Å². The van der Waals surface area contributed by atoms with Crippen LogP contribution in [0.1, 0.15) is 18.5 Å². The summed E-state index contributed by atoms with van der Waals surface area (Å²) in [5, 5.41) is 10.9. The van der Waals surface area contributed by atoms with Crippen molar-refractivity contribution in [2.45, 2.75) is 19.3 Å². The SMILES string of the molecule is [CH2]CCCc1[nH]nnc1-c1cccc(N)c1. The zero-order chi connectivity index (χ0) is 11.4. The van der Waals surface area contributed by atoms with E-state index in [2.05, 4.69) is 22.3 Å². The number of nitrogens with two attached hydrogens (primary N) is 1. The summed E-state index contributed by atoms with van der Waals surface area (Å²) in [6.45, 7) is 3.83. The fourth-order valence-electron chi connectivity index (χ4n) is 1.64. The third kappa shape index (κ3) is 2.21. The Morgan fingerprint density at radius 2 is 2.25 bits per heavy atom. The molecule has 4 nitrogen and oxygen atoms in total. The first kappa shape index (κ1) is 10.7. The second kappa shape index (κ2) is 4.79. The molecule has 16 heavy (non-hydrogen) atoms. The second-order valence-corrected chi connectivity index (χ2v) is 3.72. The summed E-state index contributed by atoms with van der Waals surface area (Å²) in [6.07, 6.45) is 2.86. The number of nitrogen functional groups attached to an aromatic ring is 1. The van der Waals surface area contributed by atoms with Crippen LogP contribution in [0.15, 0.2) is 24.3 Å². The van der Waals surface area contributed by atoms with Crippen LogP contribution in [0.4, 0.5) is 5.69 Å². The van der Waals surface area contributed by atoms with Gasteiger partial charge in [0, 0.05) is 11.3 Å². The number of aromatic amines is 1. The van der Waals surface area contributed by atoms with Crippen LogP contribution in [0.25, 0.3) is 11.3 Å². The molecule has 0 unspecified atom stereocenters. The van der Waals surface area contributed by atoms with E-state index in [1.807, 2.05) is 24.3 Å². The number of anilines is 1. The van der Waals surface area contributed by atoms with Crippen LogP contribution in [-0.4, -0.2) is 15.4 Å². The fraction of sp³-hybridized carbons (Fsp3) is 0.250. The van der Waals surface area contributed by atoms with E-state index in [9.17, 15) is 0 Å². The average molecular weight is 215 g/mol. The van der Waals surface area contributed by atoms with Crippen LogP contribution in [0, 0.1) is 6.92 Å². The minimum absolute atomic E-state index is 0.739. The third-order valence-corrected chi connectivity index (χ3v) is 2.46. The normalized spacial score (nSPS) is 10.6. The van der Waals surface area contributed by atoms with Crippen molar-refractivity contribution in [2.24, 2.45) is 0 Å². The third-order valence-electron chi connectivity index (χ3n) is 2.46. The lowest BCUT2D eigenvalue weighted by atomic mass is 10.1. The van der Waals surface area contributed by atoms with Crippen molar-refractivity contribution in [1.29, 1.82) is 0 Å². The minimum Gasteiger partial charge on any atom is -0.399 e. The van der Waals surface area contributed by atoms with Crippen molar-refractivity contribution in [3.05, 3.63) is 36.9 Å². The predicted molar refractivity (Wildman–Crippen MR) is 64.5 cm³/mol. The summed E-state index contributed by atoms with van der Waals surface area (Å²) in [6, 6.07) is 7.68. The summed E-state index contributed by atoms with van der Waals surface area (Å²) in [7, 11) is 0. The molecule has 83 valence electrons. The van der Waals surface area contributed by atoms with Gasteiger partial charge in [-0.25, -0.2) is 0 Å². The summed E-state index contributed by atoms with van der Waals surface area (Å²) in [5.74, 6) is 0. The van der Waals surface area contributed by atoms with E-state index in [1.165, 1.54) is 0 Å². The lowest BCUT2D eigenvalue weighted by Crippen LogP contribution is -1.91. The number of rotatable bonds is 4. The molecule has 4 heteroatoms. The highest BCUT2D eigenvalue weighted by Gasteiger charge is 2.08. The molecular formula is C12H15N4. The zero-order valence-corrected chi connectivity index (χ0v) is 9.11. The highest BCUT2D eigenvalue weighted by Crippen LogP contribution is 2.22. The van der Waals surface area contributed by atoms with E-state index in [1.54, 1.807) is 0 Å². The van der Waals surface area contributed by atoms with Gasteiger partial charge in [0.05, 0.1) is 5.69 Å². The van der Waals surface area contributed by atoms with E-state index in [-0.39, 0.29) is 0 Å². The Labute approximate surface area is 94.9 Å². The Morgan fingerprint density at radius 1 is 1.38 bits per heavy atom. The number of hydrogen-bond donors (Lipinski definition) is 2. The minimum atomic E-state index is 0.739. The van der Waals surface area contributed by atoms with Crippen molar-refractivity contribution < 1.29 is 0 Å². The molecule has 1 aromatic carbocycles. The van der Waals surface area contributed by atoms with Crippen molar-refractivity contribution in [3.63, 3.8) is 0 Å². The molecule has 0 spiro atoms. The first-order valence-corrected chi connectivity index (χ1v) is 5.36. The van der Waals surface area contributed by atoms with Crippen molar-refractivity contribution >= 4 is 5.69 Å². The first-order chi connectivity index (χ1) is 7.81. The van der Waals surface area contributed by atoms with Gasteiger partial charge in [0.2, 0.25) is 0 Å². The van der Waals surface area contributed by atoms with Gasteiger partial charge in [0.25, 0.3) is 0 Å². The van der Waals surface area contributed by atoms with Crippen LogP contribution >= 0.6 is 0 Å². The number of unbranched alkanes of at least 4 members (excludes halogenated alkanes) is 1. The molecule has 1 radical (unpaired) electrons. The maximum Gasteiger partial charge on any atom is 0.116 e. The number of nitrogens with one attached hydrogen (secondary N) is 1. The molecular weight excluding hydrogens is 200 g/mol. The molecule has 0 saturated heterocycles. The molecule has 0 bridgehead atoms. The monoisotopic (exact) mass is 215 g/mol. The van der Waals surface area contributed by atoms with Gasteiger partial charge in [0.15, 0.2) is 0 Å². The zero-order valence-electron chi connectivity index (χ0n) is 9.11. The Bertz CT molecular complexity index is 462. The largest absolute Gasteiger partial charge is 0.399 e. The molecule has 0 saturated carbocycles. The van der Waals surface area contributed by atoms with Crippen molar-refractivity contribution in [3.8, 4) is 11.3 Å². The molecule has 2 aromatic rings. The number of aromatic nitrogens is 3. The molecule has 2 rings (SSSR count). The standard InChI is InChI=1S/C12H15N4/c1-2-3-7-11-12(15-16-14-11)9-5-4-6-10(13)8-9/h4-6,8H,1-3,7,13H2,(H,14,15,16). The Kier molecular flexibility index (Phi) is 3.19. The lowest BCUT2D eigenvalue weighted by Gasteiger charge is -2.01. The van der Waals surface area contributed by atoms with Gasteiger partial charge in [-0.15, -0.1) is 5.10 Å². The van der Waals surface area contributed by atoms with E-state index < -0.39 is 0 Å². The Morgan fingerprint density at radius 3 is 3.00 bits per heavy atom. The Hall–Kier alpha value is -1.84. The summed E-state index contributed by atoms with van der Waals surface area (Å²) in [5.41, 5.74) is 9.43. The maximum absolute atomic E-state index is 5.75. The summed E-state index contributed by atoms with van der Waals surface area (Å²) >= 11 is 0. The van der Waals surface area contributed by atoms with Gasteiger partial charge in [-0.05, 0) is 25.0 Å². The number of nitrogens with zero attached hydrogens (tertiary/aromatic N) is 2. The highest BCUT2D eigenvalue weighted by atomic mass is 15.3. The number of hydrogen-bond acceptors (Lipinski definition) is 3. The van der Waals surface area contributed by atoms with E-state index in [0.717, 1.165) is 41.9 Å². The second-order valence-electron chi connectivity index (χ2n) is 3.72. The fourth-order valence-corrected chi connectivity index (χ4v) is 1.64. The predicted octanol–water partition coefficient (Wildman–Crippen LogP) is 2.21. The van der Waals surface area contributed by atoms with Crippen LogP contribution in [0.2, 0.25) is 0 Å². The van der Waals surface area contributed by atoms with Crippen molar-refractivity contribution in [2.75, 3.05) is 5.73 Å². The van der Waals surface area contributed by atoms with Gasteiger partial charge in [-0.1, -0.05) is 30.7 Å². The molecule has 1 heterocycles. The van der Waals surface area contributed by atoms with Crippen LogP contribution < -0.4 is 5.73 Å². The van der Waals surface area contributed by atoms with E-state index in [0.29, 0.717) is 0 Å². The van der Waals surface area contributed by atoms with Gasteiger partial charge in [0.1, 0.15) is 5.69 Å². The topological polar surface area (TPSA) is 67.6 Å². The molecule has 0 amide bonds. The first-order valence-electron chi connectivity index (χ1n) is 5.36. The molecule has 0 atom stereocenters. The van der Waals surface area contributed by atoms with Crippen LogP contribution in [0.5, 0.6) is 0 Å². The van der Waals surface area contributed by atoms with Gasteiger partial charge in [-0.2, -0.15) is 0 Å². The van der Waals surface area contributed by atoms with Gasteiger partial charge >= 0.3 is 0 Å². The molecule has 0 aliphatic rings. The summed E-state index contributed by atoms with van der Waals surface area (Å²) in [4.78, 5) is 0. The molecule has 0 aliphatic carbocycles. The number of benzene rings is 1. The molecule has 1 aromatic heterocycles. The molecule has 3 N–H and O–H groups in total. The molecule has 0 aliphatic heterocycles. The van der Waals surface area contributed by atoms with Crippen molar-refractivity contribution in [1.82, 2.24) is 15.4 Å². The highest BCUT2D eigenvalue weighted by molar-refractivity contribution is 5.65.